The summed E-state index contributed by atoms with van der Waals surface area (Å²) >= 11 is 0. The largest absolute Gasteiger partial charge is 0.381 e. The zero-order valence-corrected chi connectivity index (χ0v) is 16.5. The average Bonchev–Trinajstić information content (AvgIpc) is 2.95. The number of halogens is 1. The Morgan fingerprint density at radius 2 is 1.72 bits per heavy atom. The highest BCUT2D eigenvalue weighted by molar-refractivity contribution is 6.36. The molecule has 0 fully saturated rings. The predicted molar refractivity (Wildman–Crippen MR) is 110 cm³/mol. The molecule has 1 aliphatic rings. The number of rotatable bonds is 10. The first-order valence-electron chi connectivity index (χ1n) is 9.88. The standard InChI is InChI=1S/C23H25FN2O3/c1-2-3-14-29-15-8-13-26-22(27)20(17-9-5-4-6-10-17)21(23(26)28)25-19-12-7-11-18(24)16-19/h4-7,9-12,16,25H,2-3,8,13-15H2,1H3. The molecule has 0 atom stereocenters. The second-order valence-electron chi connectivity index (χ2n) is 6.83. The van der Waals surface area contributed by atoms with Gasteiger partial charge < -0.3 is 10.1 Å². The first-order chi connectivity index (χ1) is 14.1. The molecule has 2 amide bonds. The maximum atomic E-state index is 13.6. The van der Waals surface area contributed by atoms with Crippen LogP contribution in [0.2, 0.25) is 0 Å². The molecule has 1 N–H and O–H groups in total. The van der Waals surface area contributed by atoms with Gasteiger partial charge in [0.15, 0.2) is 0 Å². The number of hydrogen-bond donors (Lipinski definition) is 1. The molecule has 0 bridgehead atoms. The van der Waals surface area contributed by atoms with Gasteiger partial charge in [-0.15, -0.1) is 0 Å². The van der Waals surface area contributed by atoms with E-state index in [9.17, 15) is 14.0 Å². The predicted octanol–water partition coefficient (Wildman–Crippen LogP) is 4.22. The monoisotopic (exact) mass is 396 g/mol. The van der Waals surface area contributed by atoms with Gasteiger partial charge in [-0.2, -0.15) is 0 Å². The van der Waals surface area contributed by atoms with Gasteiger partial charge in [-0.3, -0.25) is 14.5 Å². The van der Waals surface area contributed by atoms with E-state index in [4.69, 9.17) is 4.74 Å². The Bertz CT molecular complexity index is 896. The molecule has 0 radical (unpaired) electrons. The van der Waals surface area contributed by atoms with Gasteiger partial charge in [0.25, 0.3) is 11.8 Å². The molecule has 2 aromatic rings. The first-order valence-corrected chi connectivity index (χ1v) is 9.88. The Kier molecular flexibility index (Phi) is 7.14. The normalized spacial score (nSPS) is 14.1. The molecule has 29 heavy (non-hydrogen) atoms. The Hall–Kier alpha value is -2.99. The van der Waals surface area contributed by atoms with Crippen molar-refractivity contribution < 1.29 is 18.7 Å². The van der Waals surface area contributed by atoms with Crippen molar-refractivity contribution in [2.45, 2.75) is 26.2 Å². The van der Waals surface area contributed by atoms with Gasteiger partial charge in [-0.05, 0) is 36.6 Å². The smallest absolute Gasteiger partial charge is 0.278 e. The fourth-order valence-corrected chi connectivity index (χ4v) is 3.15. The number of nitrogens with zero attached hydrogens (tertiary/aromatic N) is 1. The number of carbonyl (C=O) groups excluding carboxylic acids is 2. The minimum absolute atomic E-state index is 0.165. The molecule has 3 rings (SSSR count). The SMILES string of the molecule is CCCCOCCCN1C(=O)C(Nc2cccc(F)c2)=C(c2ccccc2)C1=O. The van der Waals surface area contributed by atoms with Crippen molar-refractivity contribution >= 4 is 23.1 Å². The lowest BCUT2D eigenvalue weighted by Gasteiger charge is -2.15. The van der Waals surface area contributed by atoms with E-state index in [1.165, 1.54) is 17.0 Å². The summed E-state index contributed by atoms with van der Waals surface area (Å²) in [7, 11) is 0. The molecule has 0 unspecified atom stereocenters. The van der Waals surface area contributed by atoms with Crippen molar-refractivity contribution in [1.82, 2.24) is 4.90 Å². The molecule has 1 aliphatic heterocycles. The number of imide groups is 1. The summed E-state index contributed by atoms with van der Waals surface area (Å²) in [6, 6.07) is 14.8. The highest BCUT2D eigenvalue weighted by atomic mass is 19.1. The van der Waals surface area contributed by atoms with Crippen LogP contribution in [0.15, 0.2) is 60.3 Å². The number of benzene rings is 2. The first kappa shape index (κ1) is 20.7. The van der Waals surface area contributed by atoms with Gasteiger partial charge in [0, 0.05) is 25.4 Å². The summed E-state index contributed by atoms with van der Waals surface area (Å²) in [6.07, 6.45) is 2.61. The lowest BCUT2D eigenvalue weighted by atomic mass is 10.0. The number of anilines is 1. The third-order valence-electron chi connectivity index (χ3n) is 4.64. The quantitative estimate of drug-likeness (QED) is 0.482. The van der Waals surface area contributed by atoms with Gasteiger partial charge in [0.2, 0.25) is 0 Å². The summed E-state index contributed by atoms with van der Waals surface area (Å²) in [4.78, 5) is 27.3. The molecular formula is C23H25FN2O3. The lowest BCUT2D eigenvalue weighted by Crippen LogP contribution is -2.34. The van der Waals surface area contributed by atoms with Gasteiger partial charge in [0.1, 0.15) is 11.5 Å². The van der Waals surface area contributed by atoms with Crippen LogP contribution in [0.4, 0.5) is 10.1 Å². The summed E-state index contributed by atoms with van der Waals surface area (Å²) in [5, 5.41) is 2.96. The van der Waals surface area contributed by atoms with E-state index in [0.717, 1.165) is 12.8 Å². The van der Waals surface area contributed by atoms with E-state index >= 15 is 0 Å². The van der Waals surface area contributed by atoms with Crippen LogP contribution >= 0.6 is 0 Å². The van der Waals surface area contributed by atoms with Crippen molar-refractivity contribution in [2.75, 3.05) is 25.1 Å². The highest BCUT2D eigenvalue weighted by Crippen LogP contribution is 2.30. The second kappa shape index (κ2) is 9.98. The van der Waals surface area contributed by atoms with Crippen LogP contribution in [-0.2, 0) is 14.3 Å². The molecular weight excluding hydrogens is 371 g/mol. The van der Waals surface area contributed by atoms with Crippen molar-refractivity contribution in [3.63, 3.8) is 0 Å². The molecule has 0 spiro atoms. The molecule has 0 saturated carbocycles. The minimum Gasteiger partial charge on any atom is -0.381 e. The summed E-state index contributed by atoms with van der Waals surface area (Å²) in [5.74, 6) is -1.19. The molecule has 2 aromatic carbocycles. The van der Waals surface area contributed by atoms with Crippen LogP contribution < -0.4 is 5.32 Å². The Balaban J connectivity index is 1.80. The topological polar surface area (TPSA) is 58.6 Å². The van der Waals surface area contributed by atoms with E-state index in [2.05, 4.69) is 12.2 Å². The Labute approximate surface area is 170 Å². The van der Waals surface area contributed by atoms with Crippen molar-refractivity contribution in [2.24, 2.45) is 0 Å². The zero-order valence-electron chi connectivity index (χ0n) is 16.5. The van der Waals surface area contributed by atoms with E-state index < -0.39 is 11.7 Å². The summed E-state index contributed by atoms with van der Waals surface area (Å²) in [5.41, 5.74) is 1.52. The van der Waals surface area contributed by atoms with Crippen LogP contribution in [0, 0.1) is 5.82 Å². The molecule has 0 aromatic heterocycles. The molecule has 152 valence electrons. The highest BCUT2D eigenvalue weighted by Gasteiger charge is 2.38. The van der Waals surface area contributed by atoms with Crippen LogP contribution in [0.5, 0.6) is 0 Å². The van der Waals surface area contributed by atoms with Crippen LogP contribution in [0.25, 0.3) is 5.57 Å². The molecule has 5 nitrogen and oxygen atoms in total. The fraction of sp³-hybridized carbons (Fsp3) is 0.304. The average molecular weight is 396 g/mol. The number of hydrogen-bond acceptors (Lipinski definition) is 4. The number of ether oxygens (including phenoxy) is 1. The van der Waals surface area contributed by atoms with E-state index in [1.807, 2.05) is 18.2 Å². The summed E-state index contributed by atoms with van der Waals surface area (Å²) < 4.78 is 19.1. The van der Waals surface area contributed by atoms with Gasteiger partial charge in [0.05, 0.1) is 5.57 Å². The zero-order chi connectivity index (χ0) is 20.6. The fourth-order valence-electron chi connectivity index (χ4n) is 3.15. The molecule has 0 aliphatic carbocycles. The van der Waals surface area contributed by atoms with Gasteiger partial charge in [-0.25, -0.2) is 4.39 Å². The van der Waals surface area contributed by atoms with Crippen molar-refractivity contribution in [3.05, 3.63) is 71.7 Å². The third kappa shape index (κ3) is 5.09. The van der Waals surface area contributed by atoms with Crippen LogP contribution in [0.3, 0.4) is 0 Å². The Morgan fingerprint density at radius 3 is 2.45 bits per heavy atom. The van der Waals surface area contributed by atoms with Crippen LogP contribution in [0.1, 0.15) is 31.7 Å². The maximum absolute atomic E-state index is 13.6. The second-order valence-corrected chi connectivity index (χ2v) is 6.83. The van der Waals surface area contributed by atoms with E-state index in [0.29, 0.717) is 36.5 Å². The summed E-state index contributed by atoms with van der Waals surface area (Å²) in [6.45, 7) is 3.53. The Morgan fingerprint density at radius 1 is 0.966 bits per heavy atom. The number of nitrogens with one attached hydrogen (secondary N) is 1. The maximum Gasteiger partial charge on any atom is 0.278 e. The molecule has 0 saturated heterocycles. The van der Waals surface area contributed by atoms with E-state index in [1.54, 1.807) is 24.3 Å². The van der Waals surface area contributed by atoms with Crippen molar-refractivity contribution in [3.8, 4) is 0 Å². The number of amides is 2. The molecule has 6 heteroatoms. The lowest BCUT2D eigenvalue weighted by molar-refractivity contribution is -0.137. The van der Waals surface area contributed by atoms with Gasteiger partial charge in [-0.1, -0.05) is 49.7 Å². The van der Waals surface area contributed by atoms with Gasteiger partial charge >= 0.3 is 0 Å². The molecule has 1 heterocycles. The minimum atomic E-state index is -0.422. The van der Waals surface area contributed by atoms with Crippen molar-refractivity contribution in [1.29, 1.82) is 0 Å². The number of unbranched alkanes of at least 4 members (excludes halogenated alkanes) is 1. The van der Waals surface area contributed by atoms with E-state index in [-0.39, 0.29) is 18.1 Å². The third-order valence-corrected chi connectivity index (χ3v) is 4.64. The number of carbonyl (C=O) groups is 2. The van der Waals surface area contributed by atoms with Crippen LogP contribution in [-0.4, -0.2) is 36.5 Å².